The lowest BCUT2D eigenvalue weighted by atomic mass is 10.1. The highest BCUT2D eigenvalue weighted by Gasteiger charge is 2.16. The molecule has 0 radical (unpaired) electrons. The van der Waals surface area contributed by atoms with Gasteiger partial charge in [0.05, 0.1) is 12.6 Å². The fourth-order valence-corrected chi connectivity index (χ4v) is 1.86. The van der Waals surface area contributed by atoms with Crippen molar-refractivity contribution in [2.75, 3.05) is 6.61 Å². The van der Waals surface area contributed by atoms with Crippen LogP contribution in [0, 0.1) is 0 Å². The Kier molecular flexibility index (Phi) is 2.33. The lowest BCUT2D eigenvalue weighted by Gasteiger charge is -1.99. The second kappa shape index (κ2) is 3.85. The van der Waals surface area contributed by atoms with Crippen LogP contribution < -0.4 is 10.5 Å². The molecule has 0 fully saturated rings. The molecule has 1 aromatic heterocycles. The molecule has 2 N–H and O–H groups in total. The Morgan fingerprint density at radius 2 is 2.29 bits per heavy atom. The summed E-state index contributed by atoms with van der Waals surface area (Å²) < 4.78 is 10.6. The highest BCUT2D eigenvalue weighted by molar-refractivity contribution is 5.58. The first-order valence-electron chi connectivity index (χ1n) is 5.59. The number of fused-ring (bicyclic) bond motifs is 1. The van der Waals surface area contributed by atoms with E-state index in [-0.39, 0.29) is 6.04 Å². The molecule has 5 nitrogen and oxygen atoms in total. The van der Waals surface area contributed by atoms with E-state index < -0.39 is 0 Å². The van der Waals surface area contributed by atoms with Gasteiger partial charge in [0, 0.05) is 12.0 Å². The van der Waals surface area contributed by atoms with Gasteiger partial charge in [0.2, 0.25) is 0 Å². The molecular weight excluding hydrogens is 218 g/mol. The number of ether oxygens (including phenoxy) is 1. The average Bonchev–Trinajstić information content (AvgIpc) is 2.97. The highest BCUT2D eigenvalue weighted by Crippen LogP contribution is 2.29. The average molecular weight is 231 g/mol. The molecule has 1 unspecified atom stereocenters. The molecule has 2 aromatic rings. The van der Waals surface area contributed by atoms with Crippen LogP contribution in [0.5, 0.6) is 5.75 Å². The van der Waals surface area contributed by atoms with Crippen LogP contribution in [-0.2, 0) is 6.42 Å². The summed E-state index contributed by atoms with van der Waals surface area (Å²) in [5.74, 6) is 1.98. The third-order valence-electron chi connectivity index (χ3n) is 2.79. The molecule has 1 aliphatic heterocycles. The minimum absolute atomic E-state index is 0.217. The van der Waals surface area contributed by atoms with E-state index in [9.17, 15) is 0 Å². The quantitative estimate of drug-likeness (QED) is 0.851. The Morgan fingerprint density at radius 3 is 3.06 bits per heavy atom. The molecule has 3 rings (SSSR count). The van der Waals surface area contributed by atoms with Gasteiger partial charge in [0.25, 0.3) is 5.89 Å². The third kappa shape index (κ3) is 1.78. The van der Waals surface area contributed by atoms with Gasteiger partial charge in [0.1, 0.15) is 5.75 Å². The Morgan fingerprint density at radius 1 is 1.41 bits per heavy atom. The normalized spacial score (nSPS) is 15.4. The van der Waals surface area contributed by atoms with Gasteiger partial charge in [-0.15, -0.1) is 0 Å². The van der Waals surface area contributed by atoms with Crippen LogP contribution in [0.25, 0.3) is 11.5 Å². The zero-order valence-electron chi connectivity index (χ0n) is 9.51. The number of nitrogens with zero attached hydrogens (tertiary/aromatic N) is 2. The highest BCUT2D eigenvalue weighted by atomic mass is 16.5. The molecule has 0 bridgehead atoms. The lowest BCUT2D eigenvalue weighted by molar-refractivity contribution is 0.357. The van der Waals surface area contributed by atoms with Gasteiger partial charge in [0.15, 0.2) is 5.82 Å². The summed E-state index contributed by atoms with van der Waals surface area (Å²) in [6.45, 7) is 2.57. The summed E-state index contributed by atoms with van der Waals surface area (Å²) in [6.07, 6.45) is 0.928. The van der Waals surface area contributed by atoms with E-state index >= 15 is 0 Å². The standard InChI is InChI=1S/C12H13N3O2/c1-7(13)11-14-12(17-15-11)9-2-3-10-8(6-9)4-5-16-10/h2-3,6-7H,4-5,13H2,1H3. The van der Waals surface area contributed by atoms with E-state index in [4.69, 9.17) is 15.0 Å². The van der Waals surface area contributed by atoms with Gasteiger partial charge in [-0.1, -0.05) is 5.16 Å². The largest absolute Gasteiger partial charge is 0.493 e. The second-order valence-electron chi connectivity index (χ2n) is 4.17. The van der Waals surface area contributed by atoms with E-state index in [1.165, 1.54) is 5.56 Å². The van der Waals surface area contributed by atoms with E-state index in [0.717, 1.165) is 24.3 Å². The van der Waals surface area contributed by atoms with Crippen LogP contribution >= 0.6 is 0 Å². The van der Waals surface area contributed by atoms with Crippen molar-refractivity contribution in [1.29, 1.82) is 0 Å². The number of aromatic nitrogens is 2. The first-order chi connectivity index (χ1) is 8.24. The van der Waals surface area contributed by atoms with Crippen molar-refractivity contribution in [3.63, 3.8) is 0 Å². The molecule has 0 saturated heterocycles. The van der Waals surface area contributed by atoms with Crippen molar-refractivity contribution in [3.8, 4) is 17.2 Å². The van der Waals surface area contributed by atoms with Gasteiger partial charge < -0.3 is 15.0 Å². The number of hydrogen-bond acceptors (Lipinski definition) is 5. The maximum Gasteiger partial charge on any atom is 0.257 e. The predicted octanol–water partition coefficient (Wildman–Crippen LogP) is 1.69. The number of benzene rings is 1. The second-order valence-corrected chi connectivity index (χ2v) is 4.17. The maximum absolute atomic E-state index is 5.69. The molecule has 0 spiro atoms. The zero-order valence-corrected chi connectivity index (χ0v) is 9.51. The molecule has 2 heterocycles. The Labute approximate surface area is 98.6 Å². The van der Waals surface area contributed by atoms with Gasteiger partial charge in [-0.2, -0.15) is 4.98 Å². The Bertz CT molecular complexity index is 548. The van der Waals surface area contributed by atoms with E-state index in [0.29, 0.717) is 11.7 Å². The summed E-state index contributed by atoms with van der Waals surface area (Å²) >= 11 is 0. The van der Waals surface area contributed by atoms with Crippen molar-refractivity contribution >= 4 is 0 Å². The topological polar surface area (TPSA) is 74.2 Å². The molecule has 5 heteroatoms. The van der Waals surface area contributed by atoms with E-state index in [1.54, 1.807) is 0 Å². The molecule has 0 amide bonds. The van der Waals surface area contributed by atoms with Crippen LogP contribution in [0.3, 0.4) is 0 Å². The predicted molar refractivity (Wildman–Crippen MR) is 61.5 cm³/mol. The van der Waals surface area contributed by atoms with Gasteiger partial charge in [-0.05, 0) is 30.7 Å². The monoisotopic (exact) mass is 231 g/mol. The summed E-state index contributed by atoms with van der Waals surface area (Å²) in [6, 6.07) is 5.67. The third-order valence-corrected chi connectivity index (χ3v) is 2.79. The van der Waals surface area contributed by atoms with Crippen LogP contribution in [0.15, 0.2) is 22.7 Å². The van der Waals surface area contributed by atoms with Crippen molar-refractivity contribution in [2.24, 2.45) is 5.73 Å². The first kappa shape index (κ1) is 10.3. The summed E-state index contributed by atoms with van der Waals surface area (Å²) in [7, 11) is 0. The summed E-state index contributed by atoms with van der Waals surface area (Å²) in [5, 5.41) is 3.84. The van der Waals surface area contributed by atoms with Gasteiger partial charge in [-0.3, -0.25) is 0 Å². The van der Waals surface area contributed by atoms with E-state index in [1.807, 2.05) is 25.1 Å². The minimum atomic E-state index is -0.217. The molecule has 0 aliphatic carbocycles. The minimum Gasteiger partial charge on any atom is -0.493 e. The van der Waals surface area contributed by atoms with E-state index in [2.05, 4.69) is 10.1 Å². The molecular formula is C12H13N3O2. The molecule has 88 valence electrons. The molecule has 1 aliphatic rings. The fourth-order valence-electron chi connectivity index (χ4n) is 1.86. The molecule has 0 saturated carbocycles. The van der Waals surface area contributed by atoms with Crippen LogP contribution in [-0.4, -0.2) is 16.7 Å². The number of nitrogens with two attached hydrogens (primary N) is 1. The van der Waals surface area contributed by atoms with Crippen LogP contribution in [0.2, 0.25) is 0 Å². The maximum atomic E-state index is 5.69. The summed E-state index contributed by atoms with van der Waals surface area (Å²) in [4.78, 5) is 4.26. The van der Waals surface area contributed by atoms with Crippen molar-refractivity contribution in [2.45, 2.75) is 19.4 Å². The SMILES string of the molecule is CC(N)c1noc(-c2ccc3c(c2)CCO3)n1. The first-order valence-corrected chi connectivity index (χ1v) is 5.59. The Hall–Kier alpha value is -1.88. The van der Waals surface area contributed by atoms with Crippen molar-refractivity contribution in [3.05, 3.63) is 29.6 Å². The van der Waals surface area contributed by atoms with Crippen LogP contribution in [0.4, 0.5) is 0 Å². The fraction of sp³-hybridized carbons (Fsp3) is 0.333. The zero-order chi connectivity index (χ0) is 11.8. The summed E-state index contributed by atoms with van der Waals surface area (Å²) in [5.41, 5.74) is 7.78. The smallest absolute Gasteiger partial charge is 0.257 e. The Balaban J connectivity index is 1.97. The molecule has 17 heavy (non-hydrogen) atoms. The molecule has 1 atom stereocenters. The van der Waals surface area contributed by atoms with Gasteiger partial charge in [-0.25, -0.2) is 0 Å². The van der Waals surface area contributed by atoms with Crippen molar-refractivity contribution in [1.82, 2.24) is 10.1 Å². The number of hydrogen-bond donors (Lipinski definition) is 1. The van der Waals surface area contributed by atoms with Crippen LogP contribution in [0.1, 0.15) is 24.4 Å². The lowest BCUT2D eigenvalue weighted by Crippen LogP contribution is -2.06. The number of rotatable bonds is 2. The van der Waals surface area contributed by atoms with Gasteiger partial charge >= 0.3 is 0 Å². The molecule has 1 aromatic carbocycles. The van der Waals surface area contributed by atoms with Crippen molar-refractivity contribution < 1.29 is 9.26 Å².